The van der Waals surface area contributed by atoms with Gasteiger partial charge in [0.2, 0.25) is 5.91 Å². The van der Waals surface area contributed by atoms with E-state index in [0.717, 1.165) is 16.5 Å². The van der Waals surface area contributed by atoms with Crippen molar-refractivity contribution >= 4 is 45.4 Å². The van der Waals surface area contributed by atoms with Crippen molar-refractivity contribution in [3.05, 3.63) is 69.2 Å². The molecule has 2 N–H and O–H groups in total. The van der Waals surface area contributed by atoms with Gasteiger partial charge >= 0.3 is 11.6 Å². The minimum atomic E-state index is -1.12. The number of hydrogen-bond acceptors (Lipinski definition) is 5. The van der Waals surface area contributed by atoms with Crippen LogP contribution in [0.25, 0.3) is 33.1 Å². The Hall–Kier alpha value is -3.58. The van der Waals surface area contributed by atoms with Crippen LogP contribution in [0.3, 0.4) is 0 Å². The standard InChI is InChI=1S/C24H20ClNO6/c1-3-19(23(28)29)26-22(27)9-16-12(2)15-8-17-18(13-4-6-14(25)7-5-13)11-31-20(17)10-21(15)32-24(16)30/h4-8,10-11,19H,3,9H2,1-2H3,(H,26,27)(H,28,29)/t19-/m1/s1. The molecule has 4 rings (SSSR count). The van der Waals surface area contributed by atoms with Crippen LogP contribution in [0.5, 0.6) is 0 Å². The quantitative estimate of drug-likeness (QED) is 0.410. The lowest BCUT2D eigenvalue weighted by Crippen LogP contribution is -2.41. The van der Waals surface area contributed by atoms with Gasteiger partial charge in [-0.2, -0.15) is 0 Å². The van der Waals surface area contributed by atoms with Crippen LogP contribution >= 0.6 is 11.6 Å². The molecule has 0 bridgehead atoms. The number of aryl methyl sites for hydroxylation is 1. The highest BCUT2D eigenvalue weighted by atomic mass is 35.5. The van der Waals surface area contributed by atoms with E-state index in [1.165, 1.54) is 0 Å². The molecule has 0 radical (unpaired) electrons. The summed E-state index contributed by atoms with van der Waals surface area (Å²) < 4.78 is 11.1. The van der Waals surface area contributed by atoms with E-state index in [0.29, 0.717) is 27.1 Å². The Morgan fingerprint density at radius 2 is 1.84 bits per heavy atom. The molecule has 0 spiro atoms. The molecule has 0 unspecified atom stereocenters. The lowest BCUT2D eigenvalue weighted by molar-refractivity contribution is -0.141. The van der Waals surface area contributed by atoms with Gasteiger partial charge in [0.05, 0.1) is 18.2 Å². The number of aliphatic carboxylic acids is 1. The maximum atomic E-state index is 12.6. The highest BCUT2D eigenvalue weighted by molar-refractivity contribution is 6.30. The molecule has 0 aliphatic rings. The molecule has 164 valence electrons. The summed E-state index contributed by atoms with van der Waals surface area (Å²) in [5.74, 6) is -1.68. The van der Waals surface area contributed by atoms with Crippen molar-refractivity contribution in [2.75, 3.05) is 0 Å². The Kier molecular flexibility index (Phi) is 5.76. The zero-order chi connectivity index (χ0) is 23.0. The number of halogens is 1. The zero-order valence-corrected chi connectivity index (χ0v) is 18.2. The molecule has 0 fully saturated rings. The van der Waals surface area contributed by atoms with E-state index in [2.05, 4.69) is 5.32 Å². The van der Waals surface area contributed by atoms with Crippen LogP contribution in [-0.2, 0) is 16.0 Å². The molecule has 0 aliphatic carbocycles. The summed E-state index contributed by atoms with van der Waals surface area (Å²) in [4.78, 5) is 36.1. The average molecular weight is 454 g/mol. The summed E-state index contributed by atoms with van der Waals surface area (Å²) in [6, 6.07) is 9.86. The fourth-order valence-corrected chi connectivity index (χ4v) is 3.84. The Morgan fingerprint density at radius 3 is 2.50 bits per heavy atom. The highest BCUT2D eigenvalue weighted by Gasteiger charge is 2.21. The van der Waals surface area contributed by atoms with Crippen molar-refractivity contribution in [1.29, 1.82) is 0 Å². The predicted octanol–water partition coefficient (Wildman–Crippen LogP) is 4.69. The van der Waals surface area contributed by atoms with E-state index < -0.39 is 23.5 Å². The van der Waals surface area contributed by atoms with Gasteiger partial charge < -0.3 is 19.3 Å². The van der Waals surface area contributed by atoms with E-state index in [-0.39, 0.29) is 18.4 Å². The Bertz CT molecular complexity index is 1400. The second-order valence-corrected chi connectivity index (χ2v) is 7.97. The Balaban J connectivity index is 1.77. The van der Waals surface area contributed by atoms with E-state index >= 15 is 0 Å². The van der Waals surface area contributed by atoms with Crippen molar-refractivity contribution in [2.24, 2.45) is 0 Å². The fourth-order valence-electron chi connectivity index (χ4n) is 3.71. The second-order valence-electron chi connectivity index (χ2n) is 7.54. The fraction of sp³-hybridized carbons (Fsp3) is 0.208. The van der Waals surface area contributed by atoms with Crippen LogP contribution in [0, 0.1) is 6.92 Å². The van der Waals surface area contributed by atoms with Gasteiger partial charge in [-0.1, -0.05) is 30.7 Å². The van der Waals surface area contributed by atoms with E-state index in [1.54, 1.807) is 38.3 Å². The number of carboxylic acids is 1. The number of nitrogens with one attached hydrogen (secondary N) is 1. The molecule has 2 aromatic carbocycles. The number of fused-ring (bicyclic) bond motifs is 2. The third-order valence-corrected chi connectivity index (χ3v) is 5.77. The molecule has 1 amide bonds. The van der Waals surface area contributed by atoms with Crippen LogP contribution in [0.4, 0.5) is 0 Å². The molecule has 2 aromatic heterocycles. The Morgan fingerprint density at radius 1 is 1.12 bits per heavy atom. The summed E-state index contributed by atoms with van der Waals surface area (Å²) in [5, 5.41) is 13.7. The lowest BCUT2D eigenvalue weighted by atomic mass is 9.99. The summed E-state index contributed by atoms with van der Waals surface area (Å²) >= 11 is 5.99. The minimum Gasteiger partial charge on any atom is -0.480 e. The normalized spacial score (nSPS) is 12.2. The highest BCUT2D eigenvalue weighted by Crippen LogP contribution is 2.35. The number of carbonyl (C=O) groups excluding carboxylic acids is 1. The monoisotopic (exact) mass is 453 g/mol. The van der Waals surface area contributed by atoms with Crippen molar-refractivity contribution < 1.29 is 23.5 Å². The molecule has 1 atom stereocenters. The molecular weight excluding hydrogens is 434 g/mol. The van der Waals surface area contributed by atoms with Crippen molar-refractivity contribution in [1.82, 2.24) is 5.32 Å². The first-order chi connectivity index (χ1) is 15.3. The first-order valence-electron chi connectivity index (χ1n) is 10.0. The van der Waals surface area contributed by atoms with Gasteiger partial charge in [-0.05, 0) is 42.7 Å². The second kappa shape index (κ2) is 8.51. The van der Waals surface area contributed by atoms with Gasteiger partial charge in [0, 0.05) is 27.4 Å². The van der Waals surface area contributed by atoms with E-state index in [1.807, 2.05) is 18.2 Å². The molecule has 7 nitrogen and oxygen atoms in total. The summed E-state index contributed by atoms with van der Waals surface area (Å²) in [7, 11) is 0. The van der Waals surface area contributed by atoms with Crippen LogP contribution in [0.15, 0.2) is 56.3 Å². The van der Waals surface area contributed by atoms with E-state index in [9.17, 15) is 14.4 Å². The van der Waals surface area contributed by atoms with Gasteiger partial charge in [0.25, 0.3) is 0 Å². The smallest absolute Gasteiger partial charge is 0.340 e. The van der Waals surface area contributed by atoms with Crippen LogP contribution in [0.1, 0.15) is 24.5 Å². The molecular formula is C24H20ClNO6. The first-order valence-corrected chi connectivity index (χ1v) is 10.4. The molecule has 2 heterocycles. The van der Waals surface area contributed by atoms with Crippen molar-refractivity contribution in [2.45, 2.75) is 32.7 Å². The maximum absolute atomic E-state index is 12.6. The molecule has 8 heteroatoms. The van der Waals surface area contributed by atoms with Gasteiger partial charge in [0.1, 0.15) is 17.2 Å². The molecule has 4 aromatic rings. The third-order valence-electron chi connectivity index (χ3n) is 5.52. The molecule has 0 saturated carbocycles. The van der Waals surface area contributed by atoms with Crippen LogP contribution in [-0.4, -0.2) is 23.0 Å². The van der Waals surface area contributed by atoms with Crippen molar-refractivity contribution in [3.8, 4) is 11.1 Å². The number of rotatable bonds is 6. The SMILES string of the molecule is CC[C@@H](NC(=O)Cc1c(C)c2cc3c(-c4ccc(Cl)cc4)coc3cc2oc1=O)C(=O)O. The number of amides is 1. The van der Waals surface area contributed by atoms with Crippen LogP contribution < -0.4 is 10.9 Å². The number of benzene rings is 2. The summed E-state index contributed by atoms with van der Waals surface area (Å²) in [6.45, 7) is 3.40. The van der Waals surface area contributed by atoms with Gasteiger partial charge in [-0.3, -0.25) is 4.79 Å². The minimum absolute atomic E-state index is 0.186. The van der Waals surface area contributed by atoms with Crippen molar-refractivity contribution in [3.63, 3.8) is 0 Å². The third kappa shape index (κ3) is 3.99. The Labute approximate surface area is 187 Å². The van der Waals surface area contributed by atoms with Crippen LogP contribution in [0.2, 0.25) is 5.02 Å². The summed E-state index contributed by atoms with van der Waals surface area (Å²) in [5.41, 5.74) is 2.82. The largest absolute Gasteiger partial charge is 0.480 e. The predicted molar refractivity (Wildman–Crippen MR) is 121 cm³/mol. The number of carbonyl (C=O) groups is 2. The van der Waals surface area contributed by atoms with Gasteiger partial charge in [-0.15, -0.1) is 0 Å². The zero-order valence-electron chi connectivity index (χ0n) is 17.4. The van der Waals surface area contributed by atoms with Gasteiger partial charge in [0.15, 0.2) is 0 Å². The number of carboxylic acid groups (broad SMARTS) is 1. The lowest BCUT2D eigenvalue weighted by Gasteiger charge is -2.13. The number of hydrogen-bond donors (Lipinski definition) is 2. The van der Waals surface area contributed by atoms with Gasteiger partial charge in [-0.25, -0.2) is 9.59 Å². The maximum Gasteiger partial charge on any atom is 0.340 e. The van der Waals surface area contributed by atoms with E-state index in [4.69, 9.17) is 25.5 Å². The molecule has 0 aliphatic heterocycles. The number of furan rings is 1. The topological polar surface area (TPSA) is 110 Å². The average Bonchev–Trinajstić information content (AvgIpc) is 3.17. The summed E-state index contributed by atoms with van der Waals surface area (Å²) in [6.07, 6.45) is 1.59. The first kappa shape index (κ1) is 21.6. The molecule has 32 heavy (non-hydrogen) atoms. The molecule has 0 saturated heterocycles.